The van der Waals surface area contributed by atoms with Gasteiger partial charge in [-0.25, -0.2) is 9.97 Å². The molecular weight excluding hydrogens is 589 g/mol. The van der Waals surface area contributed by atoms with E-state index in [4.69, 9.17) is 9.97 Å². The molecule has 0 saturated carbocycles. The molecule has 0 radical (unpaired) electrons. The van der Waals surface area contributed by atoms with Gasteiger partial charge < -0.3 is 0 Å². The van der Waals surface area contributed by atoms with Crippen LogP contribution < -0.4 is 0 Å². The Bertz CT molecular complexity index is 2530. The van der Waals surface area contributed by atoms with E-state index in [1.165, 1.54) is 48.9 Å². The summed E-state index contributed by atoms with van der Waals surface area (Å²) in [6, 6.07) is 60.3. The molecule has 9 aromatic rings. The van der Waals surface area contributed by atoms with Gasteiger partial charge in [0.15, 0.2) is 5.82 Å². The van der Waals surface area contributed by atoms with E-state index in [0.29, 0.717) is 0 Å². The van der Waals surface area contributed by atoms with Gasteiger partial charge in [-0.2, -0.15) is 0 Å². The second-order valence-corrected chi connectivity index (χ2v) is 12.9. The van der Waals surface area contributed by atoms with Gasteiger partial charge in [-0.3, -0.25) is 0 Å². The number of nitrogens with zero attached hydrogens (tertiary/aromatic N) is 2. The molecule has 2 nitrogen and oxygen atoms in total. The van der Waals surface area contributed by atoms with Crippen LogP contribution in [0.25, 0.3) is 87.1 Å². The predicted octanol–water partition coefficient (Wildman–Crippen LogP) is 12.3. The summed E-state index contributed by atoms with van der Waals surface area (Å²) < 4.78 is 2.31. The summed E-state index contributed by atoms with van der Waals surface area (Å²) in [5.74, 6) is 0.734. The highest BCUT2D eigenvalue weighted by molar-refractivity contribution is 7.26. The lowest BCUT2D eigenvalue weighted by molar-refractivity contribution is 1.24. The molecule has 0 atom stereocenters. The molecule has 3 heteroatoms. The van der Waals surface area contributed by atoms with E-state index in [9.17, 15) is 0 Å². The Labute approximate surface area is 277 Å². The van der Waals surface area contributed by atoms with Crippen LogP contribution in [-0.2, 0) is 0 Å². The summed E-state index contributed by atoms with van der Waals surface area (Å²) in [6.45, 7) is 0. The van der Waals surface area contributed by atoms with Gasteiger partial charge >= 0.3 is 0 Å². The van der Waals surface area contributed by atoms with Gasteiger partial charge in [0, 0.05) is 21.2 Å². The van der Waals surface area contributed by atoms with Gasteiger partial charge in [-0.05, 0) is 56.3 Å². The van der Waals surface area contributed by atoms with Gasteiger partial charge in [-0.15, -0.1) is 11.3 Å². The molecule has 2 heterocycles. The maximum Gasteiger partial charge on any atom is 0.160 e. The maximum atomic E-state index is 5.26. The summed E-state index contributed by atoms with van der Waals surface area (Å²) in [7, 11) is 0. The molecule has 47 heavy (non-hydrogen) atoms. The fourth-order valence-electron chi connectivity index (χ4n) is 6.41. The van der Waals surface area contributed by atoms with Crippen LogP contribution in [0.3, 0.4) is 0 Å². The Morgan fingerprint density at radius 3 is 1.55 bits per heavy atom. The van der Waals surface area contributed by atoms with Crippen LogP contribution in [-0.4, -0.2) is 9.97 Å². The van der Waals surface area contributed by atoms with Crippen LogP contribution in [0.15, 0.2) is 170 Å². The third kappa shape index (κ3) is 5.07. The maximum absolute atomic E-state index is 5.26. The standard InChI is InChI=1S/C44H28N2S/c1-3-9-29(10-4-1)32-15-20-34(21-16-32)41-43-42(46-44(45-41)35-22-17-33(18-23-35)30-11-5-2-6-12-30)39-26-25-38(28-40(39)47-43)37-24-19-31-13-7-8-14-36(31)27-37/h1-28H. The number of thiophene rings is 1. The van der Waals surface area contributed by atoms with E-state index in [0.717, 1.165) is 38.2 Å². The van der Waals surface area contributed by atoms with Crippen molar-refractivity contribution in [2.75, 3.05) is 0 Å². The van der Waals surface area contributed by atoms with Crippen molar-refractivity contribution in [3.8, 4) is 56.0 Å². The second-order valence-electron chi connectivity index (χ2n) is 11.8. The van der Waals surface area contributed by atoms with Crippen molar-refractivity contribution in [1.29, 1.82) is 0 Å². The third-order valence-corrected chi connectivity index (χ3v) is 10.1. The second kappa shape index (κ2) is 11.5. The van der Waals surface area contributed by atoms with Crippen molar-refractivity contribution in [2.24, 2.45) is 0 Å². The molecule has 0 aliphatic rings. The summed E-state index contributed by atoms with van der Waals surface area (Å²) in [6.07, 6.45) is 0. The van der Waals surface area contributed by atoms with Crippen LogP contribution in [0.1, 0.15) is 0 Å². The topological polar surface area (TPSA) is 25.8 Å². The predicted molar refractivity (Wildman–Crippen MR) is 200 cm³/mol. The zero-order valence-corrected chi connectivity index (χ0v) is 26.3. The third-order valence-electron chi connectivity index (χ3n) is 8.91. The zero-order chi connectivity index (χ0) is 31.2. The molecular formula is C44H28N2S. The minimum atomic E-state index is 0.734. The quantitative estimate of drug-likeness (QED) is 0.192. The van der Waals surface area contributed by atoms with E-state index in [-0.39, 0.29) is 0 Å². The first-order valence-electron chi connectivity index (χ1n) is 15.8. The molecule has 9 rings (SSSR count). The lowest BCUT2D eigenvalue weighted by Gasteiger charge is -2.09. The molecule has 7 aromatic carbocycles. The lowest BCUT2D eigenvalue weighted by atomic mass is 10.0. The highest BCUT2D eigenvalue weighted by Crippen LogP contribution is 2.41. The number of hydrogen-bond donors (Lipinski definition) is 0. The average molecular weight is 617 g/mol. The molecule has 0 fully saturated rings. The van der Waals surface area contributed by atoms with Crippen LogP contribution >= 0.6 is 11.3 Å². The largest absolute Gasteiger partial charge is 0.226 e. The number of rotatable bonds is 5. The Morgan fingerprint density at radius 2 is 0.872 bits per heavy atom. The summed E-state index contributed by atoms with van der Waals surface area (Å²) in [5.41, 5.74) is 11.2. The molecule has 2 aromatic heterocycles. The Morgan fingerprint density at radius 1 is 0.362 bits per heavy atom. The monoisotopic (exact) mass is 616 g/mol. The summed E-state index contributed by atoms with van der Waals surface area (Å²) >= 11 is 1.77. The highest BCUT2D eigenvalue weighted by atomic mass is 32.1. The van der Waals surface area contributed by atoms with Crippen molar-refractivity contribution >= 4 is 42.4 Å². The SMILES string of the molecule is c1ccc(-c2ccc(-c3nc(-c4ccc(-c5ccccc5)cc4)c4sc5cc(-c6ccc7ccccc7c6)ccc5c4n3)cc2)cc1. The van der Waals surface area contributed by atoms with E-state index < -0.39 is 0 Å². The Hall–Kier alpha value is -5.90. The van der Waals surface area contributed by atoms with Crippen molar-refractivity contribution in [3.05, 3.63) is 170 Å². The van der Waals surface area contributed by atoms with E-state index in [1.807, 2.05) is 6.07 Å². The molecule has 0 saturated heterocycles. The van der Waals surface area contributed by atoms with Crippen LogP contribution in [0.4, 0.5) is 0 Å². The first-order chi connectivity index (χ1) is 23.3. The molecule has 0 aliphatic carbocycles. The molecule has 0 spiro atoms. The first kappa shape index (κ1) is 27.4. The van der Waals surface area contributed by atoms with E-state index >= 15 is 0 Å². The molecule has 0 amide bonds. The smallest absolute Gasteiger partial charge is 0.160 e. The zero-order valence-electron chi connectivity index (χ0n) is 25.5. The highest BCUT2D eigenvalue weighted by Gasteiger charge is 2.18. The van der Waals surface area contributed by atoms with Gasteiger partial charge in [-0.1, -0.05) is 158 Å². The molecule has 0 bridgehead atoms. The van der Waals surface area contributed by atoms with E-state index in [2.05, 4.69) is 164 Å². The Balaban J connectivity index is 1.20. The van der Waals surface area contributed by atoms with Crippen molar-refractivity contribution in [2.45, 2.75) is 0 Å². The van der Waals surface area contributed by atoms with Crippen molar-refractivity contribution < 1.29 is 0 Å². The molecule has 220 valence electrons. The molecule has 0 unspecified atom stereocenters. The number of hydrogen-bond acceptors (Lipinski definition) is 3. The van der Waals surface area contributed by atoms with Gasteiger partial charge in [0.05, 0.1) is 15.9 Å². The fourth-order valence-corrected chi connectivity index (χ4v) is 7.60. The average Bonchev–Trinajstić information content (AvgIpc) is 3.53. The van der Waals surface area contributed by atoms with Gasteiger partial charge in [0.2, 0.25) is 0 Å². The normalized spacial score (nSPS) is 11.4. The number of aromatic nitrogens is 2. The number of fused-ring (bicyclic) bond motifs is 4. The van der Waals surface area contributed by atoms with Crippen LogP contribution in [0, 0.1) is 0 Å². The van der Waals surface area contributed by atoms with E-state index in [1.54, 1.807) is 11.3 Å². The van der Waals surface area contributed by atoms with Crippen molar-refractivity contribution in [1.82, 2.24) is 9.97 Å². The number of benzene rings is 7. The minimum absolute atomic E-state index is 0.734. The first-order valence-corrected chi connectivity index (χ1v) is 16.6. The van der Waals surface area contributed by atoms with Crippen LogP contribution in [0.2, 0.25) is 0 Å². The van der Waals surface area contributed by atoms with Crippen molar-refractivity contribution in [3.63, 3.8) is 0 Å². The fraction of sp³-hybridized carbons (Fsp3) is 0. The summed E-state index contributed by atoms with van der Waals surface area (Å²) in [5, 5.41) is 3.65. The Kier molecular flexibility index (Phi) is 6.69. The minimum Gasteiger partial charge on any atom is -0.226 e. The molecule has 0 aliphatic heterocycles. The summed E-state index contributed by atoms with van der Waals surface area (Å²) in [4.78, 5) is 10.5. The lowest BCUT2D eigenvalue weighted by Crippen LogP contribution is -1.94. The van der Waals surface area contributed by atoms with Gasteiger partial charge in [0.25, 0.3) is 0 Å². The van der Waals surface area contributed by atoms with Gasteiger partial charge in [0.1, 0.15) is 0 Å². The molecule has 0 N–H and O–H groups in total. The van der Waals surface area contributed by atoms with Crippen LogP contribution in [0.5, 0.6) is 0 Å².